The lowest BCUT2D eigenvalue weighted by Crippen LogP contribution is -2.34. The number of amides is 1. The molecule has 2 unspecified atom stereocenters. The van der Waals surface area contributed by atoms with E-state index in [4.69, 9.17) is 5.73 Å². The Morgan fingerprint density at radius 1 is 1.50 bits per heavy atom. The highest BCUT2D eigenvalue weighted by atomic mass is 16.2. The van der Waals surface area contributed by atoms with Gasteiger partial charge in [0.1, 0.15) is 11.5 Å². The maximum Gasteiger partial charge on any atom is 0.272 e. The van der Waals surface area contributed by atoms with E-state index in [9.17, 15) is 4.79 Å². The van der Waals surface area contributed by atoms with Crippen molar-refractivity contribution in [2.45, 2.75) is 26.3 Å². The van der Waals surface area contributed by atoms with Crippen LogP contribution in [0.25, 0.3) is 0 Å². The van der Waals surface area contributed by atoms with E-state index >= 15 is 0 Å². The number of hydrogen-bond donors (Lipinski definition) is 1. The van der Waals surface area contributed by atoms with Gasteiger partial charge in [0.05, 0.1) is 0 Å². The minimum atomic E-state index is -0.0100. The molecule has 1 amide bonds. The number of carbonyl (C=O) groups is 1. The van der Waals surface area contributed by atoms with E-state index in [0.717, 1.165) is 13.0 Å². The summed E-state index contributed by atoms with van der Waals surface area (Å²) >= 11 is 0. The van der Waals surface area contributed by atoms with Crippen molar-refractivity contribution in [2.75, 3.05) is 12.3 Å². The van der Waals surface area contributed by atoms with E-state index in [1.807, 2.05) is 4.90 Å². The van der Waals surface area contributed by atoms with Crippen molar-refractivity contribution in [3.63, 3.8) is 0 Å². The fourth-order valence-corrected chi connectivity index (χ4v) is 2.30. The second-order valence-electron chi connectivity index (χ2n) is 4.60. The second kappa shape index (κ2) is 4.12. The average Bonchev–Trinajstić information content (AvgIpc) is 2.57. The molecule has 1 saturated heterocycles. The molecule has 2 N–H and O–H groups in total. The summed E-state index contributed by atoms with van der Waals surface area (Å²) in [5, 5.41) is 0. The minimum absolute atomic E-state index is 0.0100. The van der Waals surface area contributed by atoms with Crippen LogP contribution in [0.15, 0.2) is 18.2 Å². The normalized spacial score (nSPS) is 24.8. The van der Waals surface area contributed by atoms with E-state index in [0.29, 0.717) is 23.5 Å². The van der Waals surface area contributed by atoms with Crippen LogP contribution < -0.4 is 5.73 Å². The lowest BCUT2D eigenvalue weighted by molar-refractivity contribution is 0.0738. The quantitative estimate of drug-likeness (QED) is 0.779. The van der Waals surface area contributed by atoms with E-state index in [1.165, 1.54) is 0 Å². The third kappa shape index (κ3) is 2.01. The number of pyridine rings is 1. The zero-order valence-corrected chi connectivity index (χ0v) is 9.68. The Balaban J connectivity index is 2.19. The molecule has 0 aromatic carbocycles. The predicted octanol–water partition coefficient (Wildman–Crippen LogP) is 1.53. The van der Waals surface area contributed by atoms with Crippen LogP contribution >= 0.6 is 0 Å². The number of nitrogens with zero attached hydrogens (tertiary/aromatic N) is 2. The Kier molecular flexibility index (Phi) is 2.81. The average molecular weight is 219 g/mol. The summed E-state index contributed by atoms with van der Waals surface area (Å²) in [5.41, 5.74) is 6.02. The summed E-state index contributed by atoms with van der Waals surface area (Å²) in [6.07, 6.45) is 1.06. The first-order valence-corrected chi connectivity index (χ1v) is 5.61. The summed E-state index contributed by atoms with van der Waals surface area (Å²) in [7, 11) is 0. The number of carbonyl (C=O) groups excluding carboxylic acids is 1. The summed E-state index contributed by atoms with van der Waals surface area (Å²) in [4.78, 5) is 18.1. The van der Waals surface area contributed by atoms with E-state index in [-0.39, 0.29) is 5.91 Å². The molecule has 1 fully saturated rings. The maximum atomic E-state index is 12.2. The fourth-order valence-electron chi connectivity index (χ4n) is 2.30. The fraction of sp³-hybridized carbons (Fsp3) is 0.500. The van der Waals surface area contributed by atoms with Crippen LogP contribution in [0.1, 0.15) is 30.8 Å². The molecule has 0 aliphatic carbocycles. The van der Waals surface area contributed by atoms with Crippen molar-refractivity contribution in [1.29, 1.82) is 0 Å². The van der Waals surface area contributed by atoms with E-state index in [2.05, 4.69) is 18.8 Å². The van der Waals surface area contributed by atoms with Gasteiger partial charge in [-0.15, -0.1) is 0 Å². The Bertz CT molecular complexity index is 405. The van der Waals surface area contributed by atoms with Crippen LogP contribution in [0.3, 0.4) is 0 Å². The number of anilines is 1. The predicted molar refractivity (Wildman–Crippen MR) is 62.9 cm³/mol. The highest BCUT2D eigenvalue weighted by molar-refractivity contribution is 5.93. The SMILES string of the molecule is CC1CC(C)N(C(=O)c2cccc(N)n2)C1. The molecule has 1 aliphatic rings. The third-order valence-corrected chi connectivity index (χ3v) is 3.03. The van der Waals surface area contributed by atoms with Crippen molar-refractivity contribution >= 4 is 11.7 Å². The topological polar surface area (TPSA) is 59.2 Å². The monoisotopic (exact) mass is 219 g/mol. The van der Waals surface area contributed by atoms with Crippen molar-refractivity contribution in [1.82, 2.24) is 9.88 Å². The molecule has 2 heterocycles. The standard InChI is InChI=1S/C12H17N3O/c1-8-6-9(2)15(7-8)12(16)10-4-3-5-11(13)14-10/h3-5,8-9H,6-7H2,1-2H3,(H2,13,14). The molecule has 1 aromatic heterocycles. The first kappa shape index (κ1) is 10.9. The number of nitrogen functional groups attached to an aromatic ring is 1. The first-order chi connectivity index (χ1) is 7.58. The molecule has 2 rings (SSSR count). The van der Waals surface area contributed by atoms with E-state index in [1.54, 1.807) is 18.2 Å². The molecule has 16 heavy (non-hydrogen) atoms. The smallest absolute Gasteiger partial charge is 0.272 e. The van der Waals surface area contributed by atoms with Gasteiger partial charge in [-0.05, 0) is 31.4 Å². The third-order valence-electron chi connectivity index (χ3n) is 3.03. The van der Waals surface area contributed by atoms with Gasteiger partial charge in [-0.3, -0.25) is 4.79 Å². The van der Waals surface area contributed by atoms with Crippen LogP contribution in [0.2, 0.25) is 0 Å². The second-order valence-corrected chi connectivity index (χ2v) is 4.60. The van der Waals surface area contributed by atoms with Crippen molar-refractivity contribution in [3.05, 3.63) is 23.9 Å². The minimum Gasteiger partial charge on any atom is -0.384 e. The Labute approximate surface area is 95.5 Å². The zero-order chi connectivity index (χ0) is 11.7. The number of aromatic nitrogens is 1. The number of hydrogen-bond acceptors (Lipinski definition) is 3. The van der Waals surface area contributed by atoms with Gasteiger partial charge >= 0.3 is 0 Å². The van der Waals surface area contributed by atoms with Crippen LogP contribution in [0, 0.1) is 5.92 Å². The molecule has 4 nitrogen and oxygen atoms in total. The van der Waals surface area contributed by atoms with Crippen LogP contribution in [-0.2, 0) is 0 Å². The van der Waals surface area contributed by atoms with Crippen molar-refractivity contribution in [2.24, 2.45) is 5.92 Å². The Morgan fingerprint density at radius 2 is 2.25 bits per heavy atom. The molecule has 4 heteroatoms. The first-order valence-electron chi connectivity index (χ1n) is 5.61. The van der Waals surface area contributed by atoms with E-state index < -0.39 is 0 Å². The molecule has 0 bridgehead atoms. The van der Waals surface area contributed by atoms with Crippen molar-refractivity contribution in [3.8, 4) is 0 Å². The van der Waals surface area contributed by atoms with Crippen molar-refractivity contribution < 1.29 is 4.79 Å². The van der Waals surface area contributed by atoms with Gasteiger partial charge in [-0.25, -0.2) is 4.98 Å². The Morgan fingerprint density at radius 3 is 2.81 bits per heavy atom. The van der Waals surface area contributed by atoms with Gasteiger partial charge in [-0.2, -0.15) is 0 Å². The van der Waals surface area contributed by atoms with Gasteiger partial charge < -0.3 is 10.6 Å². The molecule has 1 aromatic rings. The summed E-state index contributed by atoms with van der Waals surface area (Å²) < 4.78 is 0. The van der Waals surface area contributed by atoms with Crippen LogP contribution in [0.5, 0.6) is 0 Å². The highest BCUT2D eigenvalue weighted by Crippen LogP contribution is 2.23. The molecule has 0 radical (unpaired) electrons. The van der Waals surface area contributed by atoms with Crippen LogP contribution in [-0.4, -0.2) is 28.4 Å². The Hall–Kier alpha value is -1.58. The molecule has 2 atom stereocenters. The molecule has 0 spiro atoms. The number of nitrogens with two attached hydrogens (primary N) is 1. The molecule has 86 valence electrons. The molecule has 1 aliphatic heterocycles. The number of rotatable bonds is 1. The van der Waals surface area contributed by atoms with Gasteiger partial charge in [0.2, 0.25) is 0 Å². The number of likely N-dealkylation sites (tertiary alicyclic amines) is 1. The molecular weight excluding hydrogens is 202 g/mol. The maximum absolute atomic E-state index is 12.2. The molecular formula is C12H17N3O. The summed E-state index contributed by atoms with van der Waals surface area (Å²) in [6, 6.07) is 5.46. The van der Waals surface area contributed by atoms with Gasteiger partial charge in [0, 0.05) is 12.6 Å². The lowest BCUT2D eigenvalue weighted by Gasteiger charge is -2.20. The highest BCUT2D eigenvalue weighted by Gasteiger charge is 2.30. The zero-order valence-electron chi connectivity index (χ0n) is 9.68. The largest absolute Gasteiger partial charge is 0.384 e. The van der Waals surface area contributed by atoms with Gasteiger partial charge in [0.15, 0.2) is 0 Å². The van der Waals surface area contributed by atoms with Gasteiger partial charge in [0.25, 0.3) is 5.91 Å². The van der Waals surface area contributed by atoms with Crippen LogP contribution in [0.4, 0.5) is 5.82 Å². The molecule has 0 saturated carbocycles. The lowest BCUT2D eigenvalue weighted by atomic mass is 10.1. The van der Waals surface area contributed by atoms with Gasteiger partial charge in [-0.1, -0.05) is 13.0 Å². The summed E-state index contributed by atoms with van der Waals surface area (Å²) in [5.74, 6) is 0.954. The summed E-state index contributed by atoms with van der Waals surface area (Å²) in [6.45, 7) is 5.06.